The van der Waals surface area contributed by atoms with Crippen molar-refractivity contribution >= 4 is 23.5 Å². The number of nitrogens with zero attached hydrogens (tertiary/aromatic N) is 1. The smallest absolute Gasteiger partial charge is 0.328 e. The molecule has 2 N–H and O–H groups in total. The Morgan fingerprint density at radius 2 is 1.53 bits per heavy atom. The molecule has 0 bridgehead atoms. The number of carboxylic acid groups (broad SMARTS) is 2. The minimum absolute atomic E-state index is 0.558. The van der Waals surface area contributed by atoms with E-state index >= 15 is 0 Å². The fraction of sp³-hybridized carbons (Fsp3) is 0.636. The van der Waals surface area contributed by atoms with E-state index in [-0.39, 0.29) is 0 Å². The van der Waals surface area contributed by atoms with Crippen molar-refractivity contribution in [3.05, 3.63) is 12.2 Å². The van der Waals surface area contributed by atoms with Gasteiger partial charge in [-0.1, -0.05) is 13.8 Å². The minimum atomic E-state index is -1.26. The van der Waals surface area contributed by atoms with Crippen molar-refractivity contribution in [1.29, 1.82) is 0 Å². The maximum Gasteiger partial charge on any atom is 0.328 e. The van der Waals surface area contributed by atoms with Crippen LogP contribution in [0.15, 0.2) is 12.2 Å². The summed E-state index contributed by atoms with van der Waals surface area (Å²) in [4.78, 5) is 21.5. The largest absolute Gasteiger partial charge is 0.478 e. The zero-order valence-electron chi connectivity index (χ0n) is 10.2. The zero-order valence-corrected chi connectivity index (χ0v) is 11.0. The predicted molar refractivity (Wildman–Crippen MR) is 67.5 cm³/mol. The molecule has 0 saturated carbocycles. The third-order valence-electron chi connectivity index (χ3n) is 1.87. The van der Waals surface area contributed by atoms with Crippen LogP contribution in [0.2, 0.25) is 0 Å². The van der Waals surface area contributed by atoms with Crippen LogP contribution in [0.5, 0.6) is 0 Å². The van der Waals surface area contributed by atoms with Crippen molar-refractivity contribution in [2.45, 2.75) is 20.3 Å². The molecular weight excluding hydrogens is 246 g/mol. The highest BCUT2D eigenvalue weighted by molar-refractivity contribution is 6.17. The molecule has 0 radical (unpaired) electrons. The van der Waals surface area contributed by atoms with Crippen molar-refractivity contribution in [3.63, 3.8) is 0 Å². The Morgan fingerprint density at radius 1 is 1.12 bits per heavy atom. The maximum atomic E-state index is 9.55. The minimum Gasteiger partial charge on any atom is -0.478 e. The van der Waals surface area contributed by atoms with Gasteiger partial charge in [0.05, 0.1) is 0 Å². The highest BCUT2D eigenvalue weighted by Gasteiger charge is 1.95. The van der Waals surface area contributed by atoms with Gasteiger partial charge in [0.2, 0.25) is 0 Å². The summed E-state index contributed by atoms with van der Waals surface area (Å²) >= 11 is 5.53. The lowest BCUT2D eigenvalue weighted by Gasteiger charge is -2.16. The van der Waals surface area contributed by atoms with Gasteiger partial charge in [0.25, 0.3) is 0 Å². The second-order valence-corrected chi connectivity index (χ2v) is 3.46. The Labute approximate surface area is 107 Å². The number of aliphatic carboxylic acids is 2. The molecule has 0 saturated heterocycles. The molecule has 0 rings (SSSR count). The highest BCUT2D eigenvalue weighted by Crippen LogP contribution is 1.91. The molecule has 5 nitrogen and oxygen atoms in total. The fourth-order valence-electron chi connectivity index (χ4n) is 0.966. The van der Waals surface area contributed by atoms with Crippen LogP contribution in [0.25, 0.3) is 0 Å². The predicted octanol–water partition coefficient (Wildman–Crippen LogP) is 1.67. The van der Waals surface area contributed by atoms with Crippen LogP contribution in [0.1, 0.15) is 20.3 Å². The Hall–Kier alpha value is -1.07. The van der Waals surface area contributed by atoms with E-state index in [1.807, 2.05) is 0 Å². The van der Waals surface area contributed by atoms with Gasteiger partial charge in [-0.25, -0.2) is 9.59 Å². The molecule has 0 aromatic carbocycles. The molecule has 100 valence electrons. The first-order valence-electron chi connectivity index (χ1n) is 5.40. The van der Waals surface area contributed by atoms with Crippen molar-refractivity contribution < 1.29 is 19.8 Å². The van der Waals surface area contributed by atoms with Gasteiger partial charge in [-0.3, -0.25) is 0 Å². The highest BCUT2D eigenvalue weighted by atomic mass is 35.5. The molecule has 6 heteroatoms. The molecular formula is C11H20ClNO4. The summed E-state index contributed by atoms with van der Waals surface area (Å²) in [7, 11) is 0. The summed E-state index contributed by atoms with van der Waals surface area (Å²) < 4.78 is 0. The number of rotatable bonds is 7. The Morgan fingerprint density at radius 3 is 1.76 bits per heavy atom. The molecule has 0 aliphatic carbocycles. The van der Waals surface area contributed by atoms with E-state index in [2.05, 4.69) is 18.7 Å². The van der Waals surface area contributed by atoms with Crippen LogP contribution < -0.4 is 0 Å². The van der Waals surface area contributed by atoms with Gasteiger partial charge < -0.3 is 15.1 Å². The van der Waals surface area contributed by atoms with E-state index in [4.69, 9.17) is 21.8 Å². The van der Waals surface area contributed by atoms with Crippen LogP contribution in [0.3, 0.4) is 0 Å². The van der Waals surface area contributed by atoms with Crippen LogP contribution in [0, 0.1) is 0 Å². The molecule has 0 spiro atoms. The first-order valence-corrected chi connectivity index (χ1v) is 5.93. The van der Waals surface area contributed by atoms with E-state index < -0.39 is 11.9 Å². The zero-order chi connectivity index (χ0) is 13.7. The molecule has 0 aromatic heterocycles. The van der Waals surface area contributed by atoms with Crippen LogP contribution in [-0.2, 0) is 9.59 Å². The van der Waals surface area contributed by atoms with E-state index in [9.17, 15) is 9.59 Å². The standard InChI is InChI=1S/C7H16ClN.C4H4O4/c1-3-9(4-2)7-5-6-8;5-3(6)1-2-4(7)8/h3-7H2,1-2H3;1-2H,(H,5,6)(H,7,8)/b;2-1+. The van der Waals surface area contributed by atoms with Crippen molar-refractivity contribution in [3.8, 4) is 0 Å². The van der Waals surface area contributed by atoms with Crippen LogP contribution in [0.4, 0.5) is 0 Å². The summed E-state index contributed by atoms with van der Waals surface area (Å²) in [6, 6.07) is 0. The molecule has 0 amide bonds. The Bertz CT molecular complexity index is 224. The van der Waals surface area contributed by atoms with Crippen molar-refractivity contribution in [2.24, 2.45) is 0 Å². The molecule has 0 aliphatic rings. The molecule has 0 atom stereocenters. The number of hydrogen-bond acceptors (Lipinski definition) is 3. The molecule has 17 heavy (non-hydrogen) atoms. The average Bonchev–Trinajstić information content (AvgIpc) is 2.29. The normalized spacial score (nSPS) is 10.1. The molecule has 0 aromatic rings. The van der Waals surface area contributed by atoms with Gasteiger partial charge in [-0.2, -0.15) is 0 Å². The first-order chi connectivity index (χ1) is 7.97. The topological polar surface area (TPSA) is 77.8 Å². The van der Waals surface area contributed by atoms with Crippen molar-refractivity contribution in [1.82, 2.24) is 4.90 Å². The number of carbonyl (C=O) groups is 2. The summed E-state index contributed by atoms with van der Waals surface area (Å²) in [6.45, 7) is 7.80. The van der Waals surface area contributed by atoms with E-state index in [0.717, 1.165) is 31.9 Å². The lowest BCUT2D eigenvalue weighted by atomic mass is 10.4. The number of hydrogen-bond donors (Lipinski definition) is 2. The number of halogens is 1. The van der Waals surface area contributed by atoms with Crippen LogP contribution in [-0.4, -0.2) is 52.6 Å². The van der Waals surface area contributed by atoms with E-state index in [1.54, 1.807) is 0 Å². The SMILES string of the molecule is CCN(CC)CCCCl.O=C(O)/C=C/C(=O)O. The van der Waals surface area contributed by atoms with E-state index in [0.29, 0.717) is 12.2 Å². The van der Waals surface area contributed by atoms with Gasteiger partial charge in [0, 0.05) is 18.0 Å². The Balaban J connectivity index is 0. The van der Waals surface area contributed by atoms with Gasteiger partial charge in [0.1, 0.15) is 0 Å². The van der Waals surface area contributed by atoms with Gasteiger partial charge in [0.15, 0.2) is 0 Å². The molecule has 0 unspecified atom stereocenters. The van der Waals surface area contributed by atoms with E-state index in [1.165, 1.54) is 0 Å². The first kappa shape index (κ1) is 18.3. The second kappa shape index (κ2) is 13.0. The maximum absolute atomic E-state index is 9.55. The quantitative estimate of drug-likeness (QED) is 0.541. The van der Waals surface area contributed by atoms with Gasteiger partial charge in [-0.15, -0.1) is 11.6 Å². The van der Waals surface area contributed by atoms with Crippen molar-refractivity contribution in [2.75, 3.05) is 25.5 Å². The summed E-state index contributed by atoms with van der Waals surface area (Å²) in [5.41, 5.74) is 0. The Kier molecular flexibility index (Phi) is 14.0. The lowest BCUT2D eigenvalue weighted by Crippen LogP contribution is -2.24. The molecule has 0 heterocycles. The van der Waals surface area contributed by atoms with Gasteiger partial charge in [-0.05, 0) is 26.1 Å². The van der Waals surface area contributed by atoms with Crippen LogP contribution >= 0.6 is 11.6 Å². The monoisotopic (exact) mass is 265 g/mol. The fourth-order valence-corrected chi connectivity index (χ4v) is 1.09. The van der Waals surface area contributed by atoms with Gasteiger partial charge >= 0.3 is 11.9 Å². The third-order valence-corrected chi connectivity index (χ3v) is 2.14. The average molecular weight is 266 g/mol. The lowest BCUT2D eigenvalue weighted by molar-refractivity contribution is -0.134. The number of alkyl halides is 1. The third kappa shape index (κ3) is 17.5. The number of carboxylic acids is 2. The summed E-state index contributed by atoms with van der Waals surface area (Å²) in [6.07, 6.45) is 2.23. The second-order valence-electron chi connectivity index (χ2n) is 3.08. The summed E-state index contributed by atoms with van der Waals surface area (Å²) in [5, 5.41) is 15.6. The molecule has 0 aliphatic heterocycles. The molecule has 0 fully saturated rings. The summed E-state index contributed by atoms with van der Waals surface area (Å²) in [5.74, 6) is -1.73.